The first-order valence-electron chi connectivity index (χ1n) is 6.21. The van der Waals surface area contributed by atoms with E-state index in [4.69, 9.17) is 13.9 Å². The number of esters is 1. The van der Waals surface area contributed by atoms with E-state index in [0.29, 0.717) is 12.6 Å². The summed E-state index contributed by atoms with van der Waals surface area (Å²) >= 11 is 0. The van der Waals surface area contributed by atoms with Crippen molar-refractivity contribution in [2.45, 2.75) is 38.8 Å². The molecule has 2 unspecified atom stereocenters. The molecule has 0 amide bonds. The summed E-state index contributed by atoms with van der Waals surface area (Å²) in [5, 5.41) is 3.09. The first-order chi connectivity index (χ1) is 8.70. The van der Waals surface area contributed by atoms with Gasteiger partial charge in [-0.15, -0.1) is 0 Å². The number of hydrogen-bond acceptors (Lipinski definition) is 6. The van der Waals surface area contributed by atoms with Gasteiger partial charge in [-0.05, 0) is 26.7 Å². The van der Waals surface area contributed by atoms with Gasteiger partial charge in [0.25, 0.3) is 6.01 Å². The highest BCUT2D eigenvalue weighted by atomic mass is 16.5. The van der Waals surface area contributed by atoms with Crippen LogP contribution in [0.5, 0.6) is 0 Å². The van der Waals surface area contributed by atoms with Gasteiger partial charge >= 0.3 is 5.97 Å². The molecule has 18 heavy (non-hydrogen) atoms. The number of aromatic nitrogens is 1. The summed E-state index contributed by atoms with van der Waals surface area (Å²) in [4.78, 5) is 15.4. The molecule has 0 aromatic carbocycles. The van der Waals surface area contributed by atoms with Crippen LogP contribution in [0.1, 0.15) is 37.2 Å². The molecule has 0 radical (unpaired) electrons. The molecule has 1 aromatic heterocycles. The summed E-state index contributed by atoms with van der Waals surface area (Å²) in [6, 6.07) is 0.419. The van der Waals surface area contributed by atoms with Gasteiger partial charge in [-0.3, -0.25) is 0 Å². The predicted molar refractivity (Wildman–Crippen MR) is 64.5 cm³/mol. The average Bonchev–Trinajstić information content (AvgIpc) is 2.99. The zero-order chi connectivity index (χ0) is 13.0. The van der Waals surface area contributed by atoms with Crippen molar-refractivity contribution in [3.63, 3.8) is 0 Å². The van der Waals surface area contributed by atoms with Crippen LogP contribution in [0, 0.1) is 0 Å². The van der Waals surface area contributed by atoms with Crippen molar-refractivity contribution in [1.82, 2.24) is 4.98 Å². The minimum absolute atomic E-state index is 0.0983. The van der Waals surface area contributed by atoms with Crippen LogP contribution >= 0.6 is 0 Å². The quantitative estimate of drug-likeness (QED) is 0.808. The van der Waals surface area contributed by atoms with E-state index in [1.165, 1.54) is 6.26 Å². The lowest BCUT2D eigenvalue weighted by atomic mass is 10.1. The second-order valence-corrected chi connectivity index (χ2v) is 4.24. The van der Waals surface area contributed by atoms with Crippen molar-refractivity contribution in [2.24, 2.45) is 0 Å². The van der Waals surface area contributed by atoms with Crippen molar-refractivity contribution in [3.8, 4) is 0 Å². The third-order valence-electron chi connectivity index (χ3n) is 2.86. The highest BCUT2D eigenvalue weighted by Gasteiger charge is 2.24. The van der Waals surface area contributed by atoms with Crippen LogP contribution in [0.3, 0.4) is 0 Å². The van der Waals surface area contributed by atoms with Gasteiger partial charge in [0.1, 0.15) is 6.26 Å². The molecule has 2 rings (SSSR count). The van der Waals surface area contributed by atoms with E-state index in [-0.39, 0.29) is 17.8 Å². The Kier molecular flexibility index (Phi) is 4.19. The minimum Gasteiger partial charge on any atom is -0.461 e. The number of ether oxygens (including phenoxy) is 2. The predicted octanol–water partition coefficient (Wildman–Crippen LogP) is 1.83. The number of nitrogens with zero attached hydrogens (tertiary/aromatic N) is 1. The van der Waals surface area contributed by atoms with Crippen LogP contribution in [-0.4, -0.2) is 36.3 Å². The van der Waals surface area contributed by atoms with Crippen LogP contribution in [0.25, 0.3) is 0 Å². The van der Waals surface area contributed by atoms with E-state index in [9.17, 15) is 4.79 Å². The fourth-order valence-corrected chi connectivity index (χ4v) is 1.92. The SMILES string of the molecule is CCOC(=O)c1coc(NC(C)C2CCCO2)n1. The number of carbonyl (C=O) groups is 1. The normalized spacial score (nSPS) is 20.7. The second kappa shape index (κ2) is 5.86. The van der Waals surface area contributed by atoms with Gasteiger partial charge in [0.05, 0.1) is 18.8 Å². The first-order valence-corrected chi connectivity index (χ1v) is 6.21. The molecule has 2 atom stereocenters. The first kappa shape index (κ1) is 12.9. The molecule has 1 N–H and O–H groups in total. The fourth-order valence-electron chi connectivity index (χ4n) is 1.92. The summed E-state index contributed by atoms with van der Waals surface area (Å²) in [6.45, 7) is 4.87. The third-order valence-corrected chi connectivity index (χ3v) is 2.86. The highest BCUT2D eigenvalue weighted by Crippen LogP contribution is 2.19. The number of hydrogen-bond donors (Lipinski definition) is 1. The topological polar surface area (TPSA) is 73.6 Å². The smallest absolute Gasteiger partial charge is 0.360 e. The van der Waals surface area contributed by atoms with Gasteiger partial charge in [-0.2, -0.15) is 4.98 Å². The van der Waals surface area contributed by atoms with Crippen molar-refractivity contribution in [3.05, 3.63) is 12.0 Å². The molecule has 1 aliphatic heterocycles. The second-order valence-electron chi connectivity index (χ2n) is 4.24. The summed E-state index contributed by atoms with van der Waals surface area (Å²) in [5.41, 5.74) is 0.180. The zero-order valence-corrected chi connectivity index (χ0v) is 10.6. The van der Waals surface area contributed by atoms with E-state index < -0.39 is 5.97 Å². The lowest BCUT2D eigenvalue weighted by Crippen LogP contribution is -2.30. The summed E-state index contributed by atoms with van der Waals surface area (Å²) in [5.74, 6) is -0.473. The van der Waals surface area contributed by atoms with Crippen LogP contribution < -0.4 is 5.32 Å². The van der Waals surface area contributed by atoms with E-state index >= 15 is 0 Å². The molecule has 0 bridgehead atoms. The number of anilines is 1. The van der Waals surface area contributed by atoms with Gasteiger partial charge in [-0.25, -0.2) is 4.79 Å². The number of rotatable bonds is 5. The van der Waals surface area contributed by atoms with Gasteiger partial charge in [0, 0.05) is 6.61 Å². The molecule has 1 aromatic rings. The number of oxazole rings is 1. The lowest BCUT2D eigenvalue weighted by Gasteiger charge is -2.18. The molecular weight excluding hydrogens is 236 g/mol. The molecule has 1 fully saturated rings. The molecule has 6 heteroatoms. The lowest BCUT2D eigenvalue weighted by molar-refractivity contribution is 0.0519. The molecule has 0 aliphatic carbocycles. The maximum atomic E-state index is 11.4. The maximum absolute atomic E-state index is 11.4. The Hall–Kier alpha value is -1.56. The molecule has 6 nitrogen and oxygen atoms in total. The van der Waals surface area contributed by atoms with Crippen LogP contribution in [0.4, 0.5) is 6.01 Å². The Bertz CT molecular complexity index is 399. The van der Waals surface area contributed by atoms with E-state index in [1.807, 2.05) is 6.92 Å². The van der Waals surface area contributed by atoms with E-state index in [0.717, 1.165) is 19.4 Å². The van der Waals surface area contributed by atoms with Crippen molar-refractivity contribution < 1.29 is 18.7 Å². The minimum atomic E-state index is -0.473. The molecule has 1 saturated heterocycles. The van der Waals surface area contributed by atoms with Crippen molar-refractivity contribution in [1.29, 1.82) is 0 Å². The molecule has 0 spiro atoms. The molecular formula is C12H18N2O4. The molecule has 1 aliphatic rings. The average molecular weight is 254 g/mol. The summed E-state index contributed by atoms with van der Waals surface area (Å²) in [7, 11) is 0. The van der Waals surface area contributed by atoms with Crippen LogP contribution in [0.15, 0.2) is 10.7 Å². The van der Waals surface area contributed by atoms with Crippen LogP contribution in [0.2, 0.25) is 0 Å². The van der Waals surface area contributed by atoms with Crippen LogP contribution in [-0.2, 0) is 9.47 Å². The zero-order valence-electron chi connectivity index (χ0n) is 10.6. The fraction of sp³-hybridized carbons (Fsp3) is 0.667. The monoisotopic (exact) mass is 254 g/mol. The largest absolute Gasteiger partial charge is 0.461 e. The third kappa shape index (κ3) is 3.01. The number of carbonyl (C=O) groups excluding carboxylic acids is 1. The molecule has 0 saturated carbocycles. The maximum Gasteiger partial charge on any atom is 0.360 e. The standard InChI is InChI=1S/C12H18N2O4/c1-3-16-11(15)9-7-18-12(14-9)13-8(2)10-5-4-6-17-10/h7-8,10H,3-6H2,1-2H3,(H,13,14). The van der Waals surface area contributed by atoms with Crippen molar-refractivity contribution >= 4 is 12.0 Å². The van der Waals surface area contributed by atoms with E-state index in [1.54, 1.807) is 6.92 Å². The Morgan fingerprint density at radius 1 is 1.72 bits per heavy atom. The molecule has 2 heterocycles. The van der Waals surface area contributed by atoms with Crippen molar-refractivity contribution in [2.75, 3.05) is 18.5 Å². The Labute approximate surface area is 106 Å². The number of nitrogens with one attached hydrogen (secondary N) is 1. The Balaban J connectivity index is 1.91. The van der Waals surface area contributed by atoms with Gasteiger partial charge in [0.15, 0.2) is 5.69 Å². The Morgan fingerprint density at radius 3 is 3.22 bits per heavy atom. The highest BCUT2D eigenvalue weighted by molar-refractivity contribution is 5.87. The van der Waals surface area contributed by atoms with Gasteiger partial charge in [-0.1, -0.05) is 0 Å². The summed E-state index contributed by atoms with van der Waals surface area (Å²) in [6.07, 6.45) is 3.57. The summed E-state index contributed by atoms with van der Waals surface area (Å²) < 4.78 is 15.6. The Morgan fingerprint density at radius 2 is 2.56 bits per heavy atom. The molecule has 100 valence electrons. The van der Waals surface area contributed by atoms with E-state index in [2.05, 4.69) is 10.3 Å². The van der Waals surface area contributed by atoms with Gasteiger partial charge in [0.2, 0.25) is 0 Å². The van der Waals surface area contributed by atoms with Gasteiger partial charge < -0.3 is 19.2 Å².